The van der Waals surface area contributed by atoms with Crippen molar-refractivity contribution < 1.29 is 0 Å². The molecular formula is C13H16N4O. The molecule has 3 rings (SSSR count). The van der Waals surface area contributed by atoms with Gasteiger partial charge < -0.3 is 0 Å². The van der Waals surface area contributed by atoms with E-state index in [4.69, 9.17) is 0 Å². The lowest BCUT2D eigenvalue weighted by Gasteiger charge is -2.18. The lowest BCUT2D eigenvalue weighted by Crippen LogP contribution is -2.25. The molecule has 0 radical (unpaired) electrons. The number of aromatic nitrogens is 4. The van der Waals surface area contributed by atoms with E-state index in [2.05, 4.69) is 22.2 Å². The normalized spacial score (nSPS) is 19.5. The van der Waals surface area contributed by atoms with Crippen molar-refractivity contribution in [3.05, 3.63) is 35.0 Å². The van der Waals surface area contributed by atoms with Gasteiger partial charge in [-0.3, -0.25) is 9.36 Å². The van der Waals surface area contributed by atoms with E-state index < -0.39 is 0 Å². The van der Waals surface area contributed by atoms with Gasteiger partial charge in [0, 0.05) is 6.54 Å². The summed E-state index contributed by atoms with van der Waals surface area (Å²) in [5.41, 5.74) is 0.690. The van der Waals surface area contributed by atoms with E-state index in [0.29, 0.717) is 11.0 Å². The quantitative estimate of drug-likeness (QED) is 0.758. The third kappa shape index (κ3) is 1.66. The first kappa shape index (κ1) is 11.2. The Hall–Kier alpha value is -1.91. The number of hydrogen-bond donors (Lipinski definition) is 0. The average Bonchev–Trinajstić information content (AvgIpc) is 2.84. The summed E-state index contributed by atoms with van der Waals surface area (Å²) in [6, 6.07) is 0.146. The number of hydrogen-bond acceptors (Lipinski definition) is 3. The van der Waals surface area contributed by atoms with Crippen LogP contribution in [-0.2, 0) is 6.54 Å². The Balaban J connectivity index is 2.14. The molecule has 1 unspecified atom stereocenters. The Kier molecular flexibility index (Phi) is 2.74. The summed E-state index contributed by atoms with van der Waals surface area (Å²) < 4.78 is 3.47. The molecule has 0 saturated heterocycles. The third-order valence-corrected chi connectivity index (χ3v) is 3.47. The second-order valence-corrected chi connectivity index (χ2v) is 4.58. The van der Waals surface area contributed by atoms with Gasteiger partial charge in [0.2, 0.25) is 0 Å². The van der Waals surface area contributed by atoms with Gasteiger partial charge in [-0.25, -0.2) is 9.67 Å². The zero-order valence-corrected chi connectivity index (χ0v) is 10.4. The first-order valence-electron chi connectivity index (χ1n) is 6.40. The fraction of sp³-hybridized carbons (Fsp3) is 0.462. The molecule has 94 valence electrons. The Morgan fingerprint density at radius 2 is 2.39 bits per heavy atom. The van der Waals surface area contributed by atoms with Gasteiger partial charge in [0.05, 0.1) is 12.2 Å². The summed E-state index contributed by atoms with van der Waals surface area (Å²) in [5.74, 6) is 0. The van der Waals surface area contributed by atoms with Crippen LogP contribution >= 0.6 is 0 Å². The van der Waals surface area contributed by atoms with E-state index in [9.17, 15) is 4.79 Å². The molecule has 1 aliphatic rings. The molecule has 0 spiro atoms. The molecular weight excluding hydrogens is 228 g/mol. The van der Waals surface area contributed by atoms with E-state index in [1.54, 1.807) is 21.8 Å². The molecule has 0 saturated carbocycles. The van der Waals surface area contributed by atoms with Gasteiger partial charge in [0.15, 0.2) is 5.65 Å². The molecule has 5 heteroatoms. The van der Waals surface area contributed by atoms with Gasteiger partial charge in [0.1, 0.15) is 11.7 Å². The Morgan fingerprint density at radius 3 is 3.11 bits per heavy atom. The zero-order valence-electron chi connectivity index (χ0n) is 10.4. The lowest BCUT2D eigenvalue weighted by molar-refractivity contribution is 0.501. The fourth-order valence-corrected chi connectivity index (χ4v) is 2.47. The molecule has 5 nitrogen and oxygen atoms in total. The lowest BCUT2D eigenvalue weighted by atomic mass is 10.0. The molecule has 0 fully saturated rings. The highest BCUT2D eigenvalue weighted by Crippen LogP contribution is 2.20. The predicted molar refractivity (Wildman–Crippen MR) is 69.5 cm³/mol. The largest absolute Gasteiger partial charge is 0.292 e. The van der Waals surface area contributed by atoms with Crippen LogP contribution in [0, 0.1) is 0 Å². The Bertz CT molecular complexity index is 653. The molecule has 2 aromatic rings. The van der Waals surface area contributed by atoms with Crippen LogP contribution < -0.4 is 5.56 Å². The highest BCUT2D eigenvalue weighted by molar-refractivity contribution is 5.72. The SMILES string of the molecule is CCn1ncc2c(=O)n(C3C=CCCC3)cnc21. The Labute approximate surface area is 105 Å². The van der Waals surface area contributed by atoms with E-state index in [-0.39, 0.29) is 11.6 Å². The van der Waals surface area contributed by atoms with Gasteiger partial charge in [0.25, 0.3) is 5.56 Å². The van der Waals surface area contributed by atoms with Crippen LogP contribution in [0.15, 0.2) is 29.5 Å². The third-order valence-electron chi connectivity index (χ3n) is 3.47. The van der Waals surface area contributed by atoms with Crippen LogP contribution in [0.2, 0.25) is 0 Å². The fourth-order valence-electron chi connectivity index (χ4n) is 2.47. The molecule has 1 atom stereocenters. The molecule has 0 bridgehead atoms. The predicted octanol–water partition coefficient (Wildman–Crippen LogP) is 1.89. The monoisotopic (exact) mass is 244 g/mol. The summed E-state index contributed by atoms with van der Waals surface area (Å²) >= 11 is 0. The zero-order chi connectivity index (χ0) is 12.5. The van der Waals surface area contributed by atoms with Crippen molar-refractivity contribution in [2.24, 2.45) is 0 Å². The van der Waals surface area contributed by atoms with Gasteiger partial charge in [-0.1, -0.05) is 12.2 Å². The van der Waals surface area contributed by atoms with Crippen molar-refractivity contribution in [1.82, 2.24) is 19.3 Å². The van der Waals surface area contributed by atoms with Crippen molar-refractivity contribution in [2.45, 2.75) is 38.8 Å². The van der Waals surface area contributed by atoms with Crippen LogP contribution in [0.1, 0.15) is 32.2 Å². The minimum atomic E-state index is 0.0104. The maximum absolute atomic E-state index is 12.4. The summed E-state index contributed by atoms with van der Waals surface area (Å²) in [7, 11) is 0. The second kappa shape index (κ2) is 4.40. The van der Waals surface area contributed by atoms with Gasteiger partial charge >= 0.3 is 0 Å². The first-order valence-corrected chi connectivity index (χ1v) is 6.40. The maximum Gasteiger partial charge on any atom is 0.265 e. The molecule has 2 aromatic heterocycles. The molecule has 0 aromatic carbocycles. The number of aryl methyl sites for hydroxylation is 1. The summed E-state index contributed by atoms with van der Waals surface area (Å²) in [6.07, 6.45) is 10.7. The van der Waals surface area contributed by atoms with E-state index in [0.717, 1.165) is 25.8 Å². The standard InChI is InChI=1S/C13H16N4O/c1-2-17-12-11(8-15-17)13(18)16(9-14-12)10-6-4-3-5-7-10/h4,6,8-10H,2-3,5,7H2,1H3. The number of rotatable bonds is 2. The minimum Gasteiger partial charge on any atom is -0.292 e. The Morgan fingerprint density at radius 1 is 1.50 bits per heavy atom. The van der Waals surface area contributed by atoms with Crippen molar-refractivity contribution in [3.63, 3.8) is 0 Å². The summed E-state index contributed by atoms with van der Waals surface area (Å²) in [5, 5.41) is 4.79. The molecule has 1 aliphatic carbocycles. The second-order valence-electron chi connectivity index (χ2n) is 4.58. The van der Waals surface area contributed by atoms with Crippen molar-refractivity contribution >= 4 is 11.0 Å². The van der Waals surface area contributed by atoms with Crippen LogP contribution in [0.5, 0.6) is 0 Å². The van der Waals surface area contributed by atoms with E-state index in [1.807, 2.05) is 6.92 Å². The van der Waals surface area contributed by atoms with Crippen molar-refractivity contribution in [3.8, 4) is 0 Å². The molecule has 0 amide bonds. The molecule has 2 heterocycles. The minimum absolute atomic E-state index is 0.0104. The topological polar surface area (TPSA) is 52.7 Å². The van der Waals surface area contributed by atoms with Gasteiger partial charge in [-0.15, -0.1) is 0 Å². The van der Waals surface area contributed by atoms with E-state index >= 15 is 0 Å². The molecule has 18 heavy (non-hydrogen) atoms. The molecule has 0 N–H and O–H groups in total. The van der Waals surface area contributed by atoms with Crippen molar-refractivity contribution in [2.75, 3.05) is 0 Å². The highest BCUT2D eigenvalue weighted by atomic mass is 16.1. The van der Waals surface area contributed by atoms with Crippen molar-refractivity contribution in [1.29, 1.82) is 0 Å². The van der Waals surface area contributed by atoms with Gasteiger partial charge in [-0.05, 0) is 26.2 Å². The number of allylic oxidation sites excluding steroid dienone is 2. The number of fused-ring (bicyclic) bond motifs is 1. The summed E-state index contributed by atoms with van der Waals surface area (Å²) in [6.45, 7) is 2.72. The highest BCUT2D eigenvalue weighted by Gasteiger charge is 2.15. The van der Waals surface area contributed by atoms with Crippen LogP contribution in [0.3, 0.4) is 0 Å². The van der Waals surface area contributed by atoms with Crippen LogP contribution in [-0.4, -0.2) is 19.3 Å². The van der Waals surface area contributed by atoms with Crippen LogP contribution in [0.25, 0.3) is 11.0 Å². The number of nitrogens with zero attached hydrogens (tertiary/aromatic N) is 4. The first-order chi connectivity index (χ1) is 8.81. The van der Waals surface area contributed by atoms with Crippen LogP contribution in [0.4, 0.5) is 0 Å². The van der Waals surface area contributed by atoms with E-state index in [1.165, 1.54) is 0 Å². The maximum atomic E-state index is 12.4. The molecule has 0 aliphatic heterocycles. The smallest absolute Gasteiger partial charge is 0.265 e. The summed E-state index contributed by atoms with van der Waals surface area (Å²) in [4.78, 5) is 16.8. The average molecular weight is 244 g/mol. The van der Waals surface area contributed by atoms with Gasteiger partial charge in [-0.2, -0.15) is 5.10 Å².